The van der Waals surface area contributed by atoms with E-state index in [0.29, 0.717) is 0 Å². The number of nitrogens with zero attached hydrogens (tertiary/aromatic N) is 3. The van der Waals surface area contributed by atoms with Gasteiger partial charge in [0.1, 0.15) is 0 Å². The third-order valence-electron chi connectivity index (χ3n) is 7.42. The molecule has 0 saturated carbocycles. The Morgan fingerprint density at radius 3 is 1.89 bits per heavy atom. The van der Waals surface area contributed by atoms with E-state index < -0.39 is 0 Å². The van der Waals surface area contributed by atoms with E-state index in [-0.39, 0.29) is 0 Å². The second-order valence-electron chi connectivity index (χ2n) is 9.45. The van der Waals surface area contributed by atoms with Gasteiger partial charge < -0.3 is 14.9 Å². The van der Waals surface area contributed by atoms with Crippen molar-refractivity contribution in [2.75, 3.05) is 0 Å². The fourth-order valence-corrected chi connectivity index (χ4v) is 5.75. The summed E-state index contributed by atoms with van der Waals surface area (Å²) >= 11 is 0. The summed E-state index contributed by atoms with van der Waals surface area (Å²) in [5, 5.41) is 4.93. The summed E-state index contributed by atoms with van der Waals surface area (Å²) in [5.41, 5.74) is 15.0. The van der Waals surface area contributed by atoms with Gasteiger partial charge in [0.25, 0.3) is 0 Å². The Morgan fingerprint density at radius 2 is 1.21 bits per heavy atom. The molecule has 0 aliphatic rings. The van der Waals surface area contributed by atoms with Gasteiger partial charge in [-0.3, -0.25) is 4.98 Å². The zero-order chi connectivity index (χ0) is 25.6. The Labute approximate surface area is 220 Å². The molecule has 0 bridgehead atoms. The highest BCUT2D eigenvalue weighted by atomic mass is 15.0. The van der Waals surface area contributed by atoms with Gasteiger partial charge in [0.05, 0.1) is 22.1 Å². The lowest BCUT2D eigenvalue weighted by atomic mass is 10.0. The first-order chi connectivity index (χ1) is 18.8. The topological polar surface area (TPSA) is 48.8 Å². The van der Waals surface area contributed by atoms with Crippen LogP contribution in [0.1, 0.15) is 6.92 Å². The lowest BCUT2D eigenvalue weighted by Gasteiger charge is -2.09. The van der Waals surface area contributed by atoms with Gasteiger partial charge in [-0.05, 0) is 78.9 Å². The Morgan fingerprint density at radius 1 is 0.658 bits per heavy atom. The molecule has 7 aromatic rings. The van der Waals surface area contributed by atoms with Crippen molar-refractivity contribution in [2.45, 2.75) is 6.92 Å². The molecule has 0 spiro atoms. The monoisotopic (exact) mass is 490 g/mol. The highest BCUT2D eigenvalue weighted by Crippen LogP contribution is 2.38. The zero-order valence-electron chi connectivity index (χ0n) is 21.0. The molecule has 0 atom stereocenters. The molecule has 4 heteroatoms. The van der Waals surface area contributed by atoms with Gasteiger partial charge in [-0.15, -0.1) is 0 Å². The van der Waals surface area contributed by atoms with Gasteiger partial charge >= 0.3 is 0 Å². The van der Waals surface area contributed by atoms with Crippen LogP contribution >= 0.6 is 0 Å². The lowest BCUT2D eigenvalue weighted by Crippen LogP contribution is -1.95. The van der Waals surface area contributed by atoms with E-state index in [4.69, 9.17) is 5.73 Å². The normalized spacial score (nSPS) is 12.5. The number of pyridine rings is 1. The van der Waals surface area contributed by atoms with Crippen LogP contribution in [0.5, 0.6) is 0 Å². The number of para-hydroxylation sites is 2. The number of hydrogen-bond donors (Lipinski definition) is 1. The van der Waals surface area contributed by atoms with Gasteiger partial charge in [-0.25, -0.2) is 0 Å². The highest BCUT2D eigenvalue weighted by molar-refractivity contribution is 6.13. The number of fused-ring (bicyclic) bond motifs is 6. The first-order valence-electron chi connectivity index (χ1n) is 12.8. The van der Waals surface area contributed by atoms with Gasteiger partial charge in [0, 0.05) is 45.3 Å². The van der Waals surface area contributed by atoms with Crippen LogP contribution in [-0.2, 0) is 0 Å². The van der Waals surface area contributed by atoms with Crippen LogP contribution in [0.25, 0.3) is 66.1 Å². The van der Waals surface area contributed by atoms with Crippen molar-refractivity contribution in [3.05, 3.63) is 128 Å². The molecular weight excluding hydrogens is 464 g/mol. The Bertz CT molecular complexity index is 2040. The minimum atomic E-state index is 1.05. The van der Waals surface area contributed by atoms with E-state index in [0.717, 1.165) is 16.9 Å². The van der Waals surface area contributed by atoms with Crippen LogP contribution < -0.4 is 5.73 Å². The second-order valence-corrected chi connectivity index (χ2v) is 9.45. The standard InChI is InChI=1S/C34H26N4/c1-2-25(15-18-35)37-31-9-5-3-7-27(31)29-21-23(11-13-33(29)37)24-12-14-34-30(22-24)28-8-4-6-10-32(28)38(34)26-16-19-36-20-17-26/h2-22H,35H2,1H3/b18-15-,25-2+. The molecule has 3 heterocycles. The maximum atomic E-state index is 5.78. The third kappa shape index (κ3) is 3.27. The fraction of sp³-hybridized carbons (Fsp3) is 0.0294. The quantitative estimate of drug-likeness (QED) is 0.252. The van der Waals surface area contributed by atoms with Crippen LogP contribution in [-0.4, -0.2) is 14.1 Å². The maximum Gasteiger partial charge on any atom is 0.0541 e. The molecule has 4 nitrogen and oxygen atoms in total. The smallest absolute Gasteiger partial charge is 0.0541 e. The summed E-state index contributed by atoms with van der Waals surface area (Å²) in [7, 11) is 0. The molecule has 0 unspecified atom stereocenters. The van der Waals surface area contributed by atoms with Gasteiger partial charge in [-0.1, -0.05) is 54.6 Å². The summed E-state index contributed by atoms with van der Waals surface area (Å²) < 4.78 is 4.60. The van der Waals surface area contributed by atoms with E-state index in [1.54, 1.807) is 6.20 Å². The van der Waals surface area contributed by atoms with Crippen molar-refractivity contribution in [2.24, 2.45) is 5.73 Å². The molecule has 4 aromatic carbocycles. The summed E-state index contributed by atoms with van der Waals surface area (Å²) in [5.74, 6) is 0. The summed E-state index contributed by atoms with van der Waals surface area (Å²) in [6, 6.07) is 34.8. The molecule has 2 N–H and O–H groups in total. The van der Waals surface area contributed by atoms with E-state index >= 15 is 0 Å². The second kappa shape index (κ2) is 8.79. The SMILES string of the molecule is C/C=C(\C=C/N)n1c2ccccc2c2cc(-c3ccc4c(c3)c3ccccc3n4-c3ccncc3)ccc21. The fourth-order valence-electron chi connectivity index (χ4n) is 5.75. The van der Waals surface area contributed by atoms with Crippen molar-refractivity contribution in [1.29, 1.82) is 0 Å². The van der Waals surface area contributed by atoms with Crippen LogP contribution in [0.15, 0.2) is 128 Å². The first-order valence-corrected chi connectivity index (χ1v) is 12.8. The van der Waals surface area contributed by atoms with Crippen LogP contribution in [0.2, 0.25) is 0 Å². The Balaban J connectivity index is 1.46. The van der Waals surface area contributed by atoms with Crippen molar-refractivity contribution in [3.63, 3.8) is 0 Å². The molecule has 38 heavy (non-hydrogen) atoms. The van der Waals surface area contributed by atoms with Crippen LogP contribution in [0.3, 0.4) is 0 Å². The van der Waals surface area contributed by atoms with Crippen molar-refractivity contribution >= 4 is 49.3 Å². The predicted octanol–water partition coefficient (Wildman–Crippen LogP) is 8.29. The molecule has 0 aliphatic heterocycles. The molecule has 0 fully saturated rings. The predicted molar refractivity (Wildman–Crippen MR) is 160 cm³/mol. The minimum absolute atomic E-state index is 1.05. The van der Waals surface area contributed by atoms with Crippen molar-refractivity contribution in [1.82, 2.24) is 14.1 Å². The number of aromatic nitrogens is 3. The number of nitrogens with two attached hydrogens (primary N) is 1. The lowest BCUT2D eigenvalue weighted by molar-refractivity contribution is 1.16. The van der Waals surface area contributed by atoms with Crippen molar-refractivity contribution in [3.8, 4) is 16.8 Å². The van der Waals surface area contributed by atoms with E-state index in [1.165, 1.54) is 49.2 Å². The average molecular weight is 491 g/mol. The summed E-state index contributed by atoms with van der Waals surface area (Å²) in [6.07, 6.45) is 9.33. The molecular formula is C34H26N4. The number of rotatable bonds is 4. The van der Waals surface area contributed by atoms with Crippen molar-refractivity contribution < 1.29 is 0 Å². The molecule has 0 radical (unpaired) electrons. The minimum Gasteiger partial charge on any atom is -0.405 e. The van der Waals surface area contributed by atoms with E-state index in [9.17, 15) is 0 Å². The number of benzene rings is 4. The first kappa shape index (κ1) is 22.1. The summed E-state index contributed by atoms with van der Waals surface area (Å²) in [4.78, 5) is 4.22. The number of allylic oxidation sites excluding steroid dienone is 3. The van der Waals surface area contributed by atoms with Crippen LogP contribution in [0, 0.1) is 0 Å². The molecule has 0 amide bonds. The Kier molecular flexibility index (Phi) is 5.12. The highest BCUT2D eigenvalue weighted by Gasteiger charge is 2.15. The molecule has 0 saturated heterocycles. The van der Waals surface area contributed by atoms with E-state index in [1.807, 2.05) is 25.4 Å². The molecule has 7 rings (SSSR count). The third-order valence-corrected chi connectivity index (χ3v) is 7.42. The van der Waals surface area contributed by atoms with Gasteiger partial charge in [0.2, 0.25) is 0 Å². The largest absolute Gasteiger partial charge is 0.405 e. The number of hydrogen-bond acceptors (Lipinski definition) is 2. The molecule has 0 aliphatic carbocycles. The molecule has 182 valence electrons. The zero-order valence-corrected chi connectivity index (χ0v) is 21.0. The van der Waals surface area contributed by atoms with Gasteiger partial charge in [-0.2, -0.15) is 0 Å². The Hall–Kier alpha value is -5.09. The van der Waals surface area contributed by atoms with Gasteiger partial charge in [0.15, 0.2) is 0 Å². The maximum absolute atomic E-state index is 5.78. The average Bonchev–Trinajstić information content (AvgIpc) is 3.48. The summed E-state index contributed by atoms with van der Waals surface area (Å²) in [6.45, 7) is 2.04. The molecule has 3 aromatic heterocycles. The van der Waals surface area contributed by atoms with Crippen LogP contribution in [0.4, 0.5) is 0 Å². The van der Waals surface area contributed by atoms with E-state index in [2.05, 4.69) is 117 Å².